The summed E-state index contributed by atoms with van der Waals surface area (Å²) >= 11 is 11.6. The lowest BCUT2D eigenvalue weighted by Crippen LogP contribution is -2.06. The normalized spacial score (nSPS) is 13.6. The predicted molar refractivity (Wildman–Crippen MR) is 51.9 cm³/mol. The van der Waals surface area contributed by atoms with Gasteiger partial charge in [-0.2, -0.15) is 0 Å². The predicted octanol–water partition coefficient (Wildman–Crippen LogP) is 3.60. The maximum absolute atomic E-state index is 5.80. The van der Waals surface area contributed by atoms with Gasteiger partial charge in [0.15, 0.2) is 0 Å². The molecular weight excluding hydrogens is 183 g/mol. The standard InChI is InChI=1S/C7H12Cl2Si/c1-3-4-5-6-7-10(2,8)9/h4-7H,3H2,1-2H3/b5-4+,7-6+. The van der Waals surface area contributed by atoms with E-state index in [0.717, 1.165) is 6.42 Å². The lowest BCUT2D eigenvalue weighted by atomic mass is 10.4. The first-order valence-electron chi connectivity index (χ1n) is 3.28. The molecule has 0 atom stereocenters. The van der Waals surface area contributed by atoms with Crippen molar-refractivity contribution in [2.45, 2.75) is 19.9 Å². The Morgan fingerprint density at radius 2 is 1.90 bits per heavy atom. The minimum Gasteiger partial charge on any atom is -0.141 e. The number of hydrogen-bond acceptors (Lipinski definition) is 0. The van der Waals surface area contributed by atoms with Crippen LogP contribution in [0.2, 0.25) is 6.55 Å². The van der Waals surface area contributed by atoms with Gasteiger partial charge < -0.3 is 0 Å². The first-order valence-corrected chi connectivity index (χ1v) is 7.88. The molecule has 0 saturated carbocycles. The molecule has 0 aromatic carbocycles. The van der Waals surface area contributed by atoms with Crippen LogP contribution < -0.4 is 0 Å². The minimum absolute atomic E-state index is 1.05. The van der Waals surface area contributed by atoms with Crippen molar-refractivity contribution >= 4 is 28.9 Å². The Morgan fingerprint density at radius 3 is 2.30 bits per heavy atom. The van der Waals surface area contributed by atoms with Gasteiger partial charge in [0.25, 0.3) is 6.69 Å². The second kappa shape index (κ2) is 5.00. The van der Waals surface area contributed by atoms with E-state index in [4.69, 9.17) is 22.2 Å². The van der Waals surface area contributed by atoms with Crippen molar-refractivity contribution in [2.24, 2.45) is 0 Å². The van der Waals surface area contributed by atoms with Crippen molar-refractivity contribution in [3.63, 3.8) is 0 Å². The molecule has 0 fully saturated rings. The van der Waals surface area contributed by atoms with Gasteiger partial charge in [-0.3, -0.25) is 0 Å². The van der Waals surface area contributed by atoms with E-state index in [1.54, 1.807) is 0 Å². The Kier molecular flexibility index (Phi) is 5.14. The number of rotatable bonds is 3. The Bertz CT molecular complexity index is 133. The van der Waals surface area contributed by atoms with Crippen molar-refractivity contribution in [3.8, 4) is 0 Å². The van der Waals surface area contributed by atoms with E-state index in [2.05, 4.69) is 13.0 Å². The zero-order valence-electron chi connectivity index (χ0n) is 6.27. The summed E-state index contributed by atoms with van der Waals surface area (Å²) in [7, 11) is 0. The fourth-order valence-corrected chi connectivity index (χ4v) is 1.32. The summed E-state index contributed by atoms with van der Waals surface area (Å²) in [6, 6.07) is 0. The highest BCUT2D eigenvalue weighted by atomic mass is 35.7. The molecule has 0 aliphatic carbocycles. The van der Waals surface area contributed by atoms with Crippen LogP contribution in [-0.4, -0.2) is 6.69 Å². The van der Waals surface area contributed by atoms with Crippen LogP contribution in [0.15, 0.2) is 23.9 Å². The molecule has 3 heteroatoms. The highest BCUT2D eigenvalue weighted by Gasteiger charge is 2.14. The van der Waals surface area contributed by atoms with Gasteiger partial charge in [-0.25, -0.2) is 0 Å². The van der Waals surface area contributed by atoms with Gasteiger partial charge in [0.05, 0.1) is 0 Å². The molecule has 0 bridgehead atoms. The zero-order chi connectivity index (χ0) is 8.04. The van der Waals surface area contributed by atoms with Crippen molar-refractivity contribution in [1.82, 2.24) is 0 Å². The van der Waals surface area contributed by atoms with Crippen LogP contribution in [0.4, 0.5) is 0 Å². The Morgan fingerprint density at radius 1 is 1.30 bits per heavy atom. The van der Waals surface area contributed by atoms with E-state index < -0.39 is 6.69 Å². The Balaban J connectivity index is 3.66. The fraction of sp³-hybridized carbons (Fsp3) is 0.429. The minimum atomic E-state index is -1.99. The van der Waals surface area contributed by atoms with Crippen LogP contribution in [0.25, 0.3) is 0 Å². The van der Waals surface area contributed by atoms with Gasteiger partial charge >= 0.3 is 0 Å². The van der Waals surface area contributed by atoms with Crippen molar-refractivity contribution < 1.29 is 0 Å². The van der Waals surface area contributed by atoms with Gasteiger partial charge in [-0.05, 0) is 13.0 Å². The van der Waals surface area contributed by atoms with Crippen molar-refractivity contribution in [3.05, 3.63) is 23.9 Å². The quantitative estimate of drug-likeness (QED) is 0.366. The fourth-order valence-electron chi connectivity index (χ4n) is 0.439. The number of halogens is 2. The lowest BCUT2D eigenvalue weighted by molar-refractivity contribution is 1.22. The average Bonchev–Trinajstić information content (AvgIpc) is 1.78. The van der Waals surface area contributed by atoms with Gasteiger partial charge in [0, 0.05) is 0 Å². The van der Waals surface area contributed by atoms with E-state index in [1.807, 2.05) is 24.4 Å². The molecule has 0 aliphatic heterocycles. The third-order valence-electron chi connectivity index (χ3n) is 0.872. The first-order chi connectivity index (χ1) is 4.56. The highest BCUT2D eigenvalue weighted by Crippen LogP contribution is 2.14. The SMILES string of the molecule is CC/C=C/C=C/[Si](C)(Cl)Cl. The summed E-state index contributed by atoms with van der Waals surface area (Å²) in [5, 5.41) is 0. The van der Waals surface area contributed by atoms with Gasteiger partial charge in [0.1, 0.15) is 0 Å². The zero-order valence-corrected chi connectivity index (χ0v) is 8.78. The van der Waals surface area contributed by atoms with E-state index in [0.29, 0.717) is 0 Å². The van der Waals surface area contributed by atoms with E-state index in [1.165, 1.54) is 0 Å². The summed E-state index contributed by atoms with van der Waals surface area (Å²) in [5.74, 6) is 0. The molecule has 0 amide bonds. The molecule has 0 rings (SSSR count). The smallest absolute Gasteiger partial charge is 0.141 e. The molecule has 10 heavy (non-hydrogen) atoms. The summed E-state index contributed by atoms with van der Waals surface area (Å²) in [6.07, 6.45) is 6.99. The lowest BCUT2D eigenvalue weighted by Gasteiger charge is -1.98. The Hall–Kier alpha value is 0.277. The summed E-state index contributed by atoms with van der Waals surface area (Å²) in [4.78, 5) is 0. The topological polar surface area (TPSA) is 0 Å². The molecule has 0 aliphatic rings. The van der Waals surface area contributed by atoms with Crippen LogP contribution in [0.5, 0.6) is 0 Å². The first kappa shape index (κ1) is 10.3. The monoisotopic (exact) mass is 194 g/mol. The van der Waals surface area contributed by atoms with Gasteiger partial charge in [-0.1, -0.05) is 30.9 Å². The summed E-state index contributed by atoms with van der Waals surface area (Å²) in [6.45, 7) is 1.96. The second-order valence-corrected chi connectivity index (χ2v) is 9.69. The van der Waals surface area contributed by atoms with Crippen LogP contribution in [-0.2, 0) is 0 Å². The highest BCUT2D eigenvalue weighted by molar-refractivity contribution is 7.47. The largest absolute Gasteiger partial charge is 0.270 e. The third-order valence-corrected chi connectivity index (χ3v) is 2.41. The molecule has 0 aromatic heterocycles. The summed E-state index contributed by atoms with van der Waals surface area (Å²) in [5.41, 5.74) is 1.88. The molecule has 0 saturated heterocycles. The van der Waals surface area contributed by atoms with E-state index in [9.17, 15) is 0 Å². The van der Waals surface area contributed by atoms with Crippen LogP contribution in [0, 0.1) is 0 Å². The molecule has 0 N–H and O–H groups in total. The number of hydrogen-bond donors (Lipinski definition) is 0. The van der Waals surface area contributed by atoms with Gasteiger partial charge in [0.2, 0.25) is 0 Å². The van der Waals surface area contributed by atoms with Gasteiger partial charge in [-0.15, -0.1) is 22.2 Å². The van der Waals surface area contributed by atoms with Crippen LogP contribution in [0.1, 0.15) is 13.3 Å². The average molecular weight is 195 g/mol. The molecule has 0 radical (unpaired) electrons. The third kappa shape index (κ3) is 8.28. The van der Waals surface area contributed by atoms with Crippen molar-refractivity contribution in [1.29, 1.82) is 0 Å². The molecular formula is C7H12Cl2Si. The molecule has 0 aromatic rings. The van der Waals surface area contributed by atoms with Crippen LogP contribution in [0.3, 0.4) is 0 Å². The summed E-state index contributed by atoms with van der Waals surface area (Å²) < 4.78 is 0. The van der Waals surface area contributed by atoms with Crippen molar-refractivity contribution in [2.75, 3.05) is 0 Å². The second-order valence-electron chi connectivity index (χ2n) is 2.15. The maximum Gasteiger partial charge on any atom is 0.270 e. The molecule has 0 unspecified atom stereocenters. The van der Waals surface area contributed by atoms with Crippen LogP contribution >= 0.6 is 22.2 Å². The number of allylic oxidation sites excluding steroid dienone is 3. The molecule has 0 heterocycles. The van der Waals surface area contributed by atoms with E-state index >= 15 is 0 Å². The molecule has 58 valence electrons. The molecule has 0 nitrogen and oxygen atoms in total. The maximum atomic E-state index is 5.80. The van der Waals surface area contributed by atoms with E-state index in [-0.39, 0.29) is 0 Å². The molecule has 0 spiro atoms. The Labute approximate surface area is 72.9 Å².